The number of hydrogen-bond acceptors (Lipinski definition) is 4. The van der Waals surface area contributed by atoms with Crippen LogP contribution >= 0.6 is 0 Å². The molecule has 0 aromatic heterocycles. The van der Waals surface area contributed by atoms with Gasteiger partial charge in [0.1, 0.15) is 17.9 Å². The average Bonchev–Trinajstić information content (AvgIpc) is 2.98. The van der Waals surface area contributed by atoms with Crippen LogP contribution in [0.4, 0.5) is 10.5 Å². The summed E-state index contributed by atoms with van der Waals surface area (Å²) in [7, 11) is 0. The number of nitrogens with one attached hydrogen (secondary N) is 1. The highest BCUT2D eigenvalue weighted by molar-refractivity contribution is 6.39. The number of urea groups is 1. The number of barbiturate groups is 1. The molecule has 0 spiro atoms. The fraction of sp³-hybridized carbons (Fsp3) is 0.0882. The molecule has 196 valence electrons. The van der Waals surface area contributed by atoms with Gasteiger partial charge in [-0.1, -0.05) is 91.9 Å². The van der Waals surface area contributed by atoms with Gasteiger partial charge in [-0.15, -0.1) is 0 Å². The van der Waals surface area contributed by atoms with Gasteiger partial charge >= 0.3 is 6.03 Å². The van der Waals surface area contributed by atoms with Gasteiger partial charge in [0, 0.05) is 5.56 Å². The van der Waals surface area contributed by atoms with E-state index in [0.29, 0.717) is 23.6 Å². The summed E-state index contributed by atoms with van der Waals surface area (Å²) in [5.41, 5.74) is 2.93. The first-order chi connectivity index (χ1) is 19.5. The molecular weight excluding hydrogens is 500 g/mol. The van der Waals surface area contributed by atoms with Gasteiger partial charge in [0.25, 0.3) is 11.8 Å². The largest absolute Gasteiger partial charge is 0.488 e. The summed E-state index contributed by atoms with van der Waals surface area (Å²) in [6, 6.07) is 32.0. The van der Waals surface area contributed by atoms with Gasteiger partial charge in [0.2, 0.25) is 0 Å². The number of ether oxygens (including phenoxy) is 1. The van der Waals surface area contributed by atoms with Crippen molar-refractivity contribution in [1.29, 1.82) is 0 Å². The molecular formula is C34H26N2O4. The van der Waals surface area contributed by atoms with Crippen LogP contribution in [0.15, 0.2) is 109 Å². The lowest BCUT2D eigenvalue weighted by Gasteiger charge is -2.26. The highest BCUT2D eigenvalue weighted by Crippen LogP contribution is 2.33. The smallest absolute Gasteiger partial charge is 0.335 e. The third kappa shape index (κ3) is 4.60. The first-order valence-electron chi connectivity index (χ1n) is 13.1. The molecule has 0 aliphatic carbocycles. The number of anilines is 1. The number of aryl methyl sites for hydroxylation is 1. The molecule has 0 unspecified atom stereocenters. The van der Waals surface area contributed by atoms with Crippen LogP contribution in [0, 0.1) is 0 Å². The zero-order valence-corrected chi connectivity index (χ0v) is 21.9. The molecule has 0 atom stereocenters. The van der Waals surface area contributed by atoms with E-state index in [0.717, 1.165) is 44.0 Å². The second-order valence-corrected chi connectivity index (χ2v) is 9.60. The van der Waals surface area contributed by atoms with Crippen molar-refractivity contribution in [2.24, 2.45) is 0 Å². The summed E-state index contributed by atoms with van der Waals surface area (Å²) in [4.78, 5) is 40.3. The fourth-order valence-corrected chi connectivity index (χ4v) is 5.04. The Morgan fingerprint density at radius 2 is 1.43 bits per heavy atom. The molecule has 1 saturated heterocycles. The van der Waals surface area contributed by atoms with Crippen molar-refractivity contribution in [3.63, 3.8) is 0 Å². The highest BCUT2D eigenvalue weighted by Gasteiger charge is 2.37. The number of amides is 4. The number of rotatable bonds is 6. The number of hydrogen-bond donors (Lipinski definition) is 1. The molecule has 0 saturated carbocycles. The van der Waals surface area contributed by atoms with Gasteiger partial charge in [-0.25, -0.2) is 9.69 Å². The first kappa shape index (κ1) is 25.1. The van der Waals surface area contributed by atoms with Crippen molar-refractivity contribution in [2.45, 2.75) is 20.0 Å². The fourth-order valence-electron chi connectivity index (χ4n) is 5.04. The SMILES string of the molecule is CCc1ccc(N2C(=O)NC(=O)/C(=C\c3c(OCc4cccc5ccccc45)ccc4ccccc34)C2=O)cc1. The summed E-state index contributed by atoms with van der Waals surface area (Å²) in [5.74, 6) is -0.911. The maximum atomic E-state index is 13.6. The third-order valence-corrected chi connectivity index (χ3v) is 7.19. The van der Waals surface area contributed by atoms with Crippen LogP contribution in [0.2, 0.25) is 0 Å². The number of carbonyl (C=O) groups is 3. The van der Waals surface area contributed by atoms with Crippen LogP contribution in [-0.2, 0) is 22.6 Å². The standard InChI is InChI=1S/C34H26N2O4/c1-2-22-14-17-26(18-15-22)36-33(38)30(32(37)35-34(36)39)20-29-28-13-6-4-9-24(28)16-19-31(29)40-21-25-11-7-10-23-8-3-5-12-27(23)25/h3-20H,2,21H2,1H3,(H,35,37,39)/b30-20+. The third-order valence-electron chi connectivity index (χ3n) is 7.19. The zero-order chi connectivity index (χ0) is 27.6. The topological polar surface area (TPSA) is 75.7 Å². The van der Waals surface area contributed by atoms with E-state index < -0.39 is 17.8 Å². The highest BCUT2D eigenvalue weighted by atomic mass is 16.5. The minimum atomic E-state index is -0.776. The maximum Gasteiger partial charge on any atom is 0.335 e. The van der Waals surface area contributed by atoms with Crippen LogP contribution in [-0.4, -0.2) is 17.8 Å². The number of benzene rings is 5. The summed E-state index contributed by atoms with van der Waals surface area (Å²) in [6.07, 6.45) is 2.35. The molecule has 4 amide bonds. The summed E-state index contributed by atoms with van der Waals surface area (Å²) >= 11 is 0. The van der Waals surface area contributed by atoms with Crippen molar-refractivity contribution in [1.82, 2.24) is 5.32 Å². The van der Waals surface area contributed by atoms with Crippen LogP contribution in [0.3, 0.4) is 0 Å². The number of nitrogens with zero attached hydrogens (tertiary/aromatic N) is 1. The predicted octanol–water partition coefficient (Wildman–Crippen LogP) is 6.80. The molecule has 1 aliphatic heterocycles. The van der Waals surface area contributed by atoms with Crippen LogP contribution < -0.4 is 15.0 Å². The van der Waals surface area contributed by atoms with E-state index in [4.69, 9.17) is 4.74 Å². The molecule has 40 heavy (non-hydrogen) atoms. The molecule has 5 aromatic rings. The van der Waals surface area contributed by atoms with Gasteiger partial charge in [-0.05, 0) is 63.4 Å². The lowest BCUT2D eigenvalue weighted by Crippen LogP contribution is -2.54. The van der Waals surface area contributed by atoms with Crippen molar-refractivity contribution < 1.29 is 19.1 Å². The molecule has 6 heteroatoms. The molecule has 1 fully saturated rings. The van der Waals surface area contributed by atoms with Crippen LogP contribution in [0.1, 0.15) is 23.6 Å². The Balaban J connectivity index is 1.41. The zero-order valence-electron chi connectivity index (χ0n) is 21.9. The summed E-state index contributed by atoms with van der Waals surface area (Å²) in [5, 5.41) is 6.28. The van der Waals surface area contributed by atoms with Crippen molar-refractivity contribution in [3.8, 4) is 5.75 Å². The maximum absolute atomic E-state index is 13.6. The van der Waals surface area contributed by atoms with Gasteiger partial charge < -0.3 is 4.74 Å². The van der Waals surface area contributed by atoms with Crippen molar-refractivity contribution in [2.75, 3.05) is 4.90 Å². The second-order valence-electron chi connectivity index (χ2n) is 9.60. The molecule has 1 aliphatic rings. The van der Waals surface area contributed by atoms with Gasteiger partial charge in [0.05, 0.1) is 5.69 Å². The number of imide groups is 2. The van der Waals surface area contributed by atoms with Crippen molar-refractivity contribution in [3.05, 3.63) is 125 Å². The second kappa shape index (κ2) is 10.5. The average molecular weight is 527 g/mol. The first-order valence-corrected chi connectivity index (χ1v) is 13.1. The number of carbonyl (C=O) groups excluding carboxylic acids is 3. The minimum absolute atomic E-state index is 0.148. The molecule has 0 bridgehead atoms. The Bertz CT molecular complexity index is 1820. The monoisotopic (exact) mass is 526 g/mol. The molecule has 0 radical (unpaired) electrons. The normalized spacial score (nSPS) is 14.7. The Labute approximate surface area is 231 Å². The van der Waals surface area contributed by atoms with E-state index in [1.165, 1.54) is 6.08 Å². The van der Waals surface area contributed by atoms with Crippen molar-refractivity contribution >= 4 is 51.2 Å². The lowest BCUT2D eigenvalue weighted by molar-refractivity contribution is -0.122. The quantitative estimate of drug-likeness (QED) is 0.195. The minimum Gasteiger partial charge on any atom is -0.488 e. The van der Waals surface area contributed by atoms with E-state index >= 15 is 0 Å². The Morgan fingerprint density at radius 3 is 2.17 bits per heavy atom. The van der Waals surface area contributed by atoms with Crippen LogP contribution in [0.25, 0.3) is 27.6 Å². The molecule has 6 rings (SSSR count). The van der Waals surface area contributed by atoms with Gasteiger partial charge in [0.15, 0.2) is 0 Å². The van der Waals surface area contributed by atoms with Crippen LogP contribution in [0.5, 0.6) is 5.75 Å². The molecule has 1 heterocycles. The lowest BCUT2D eigenvalue weighted by atomic mass is 9.99. The molecule has 5 aromatic carbocycles. The molecule has 1 N–H and O–H groups in total. The Kier molecular flexibility index (Phi) is 6.58. The summed E-state index contributed by atoms with van der Waals surface area (Å²) < 4.78 is 6.34. The predicted molar refractivity (Wildman–Crippen MR) is 157 cm³/mol. The van der Waals surface area contributed by atoms with Gasteiger partial charge in [-0.3, -0.25) is 14.9 Å². The van der Waals surface area contributed by atoms with E-state index in [9.17, 15) is 14.4 Å². The van der Waals surface area contributed by atoms with E-state index in [-0.39, 0.29) is 5.57 Å². The Morgan fingerprint density at radius 1 is 0.750 bits per heavy atom. The Hall–Kier alpha value is -5.23. The van der Waals surface area contributed by atoms with E-state index in [2.05, 4.69) is 23.5 Å². The van der Waals surface area contributed by atoms with Gasteiger partial charge in [-0.2, -0.15) is 0 Å². The van der Waals surface area contributed by atoms with E-state index in [1.807, 2.05) is 79.7 Å². The molecule has 6 nitrogen and oxygen atoms in total. The van der Waals surface area contributed by atoms with E-state index in [1.54, 1.807) is 12.1 Å². The number of fused-ring (bicyclic) bond motifs is 2. The summed E-state index contributed by atoms with van der Waals surface area (Å²) in [6.45, 7) is 2.32.